The molecule has 106 valence electrons. The molecule has 1 N–H and O–H groups in total. The van der Waals surface area contributed by atoms with Crippen molar-refractivity contribution >= 4 is 27.5 Å². The van der Waals surface area contributed by atoms with E-state index in [0.717, 1.165) is 0 Å². The summed E-state index contributed by atoms with van der Waals surface area (Å²) in [5.74, 6) is -0.598. The molecular formula is C15H10BrFN2O2. The van der Waals surface area contributed by atoms with Crippen LogP contribution in [-0.2, 0) is 4.79 Å². The molecule has 2 rings (SSSR count). The van der Waals surface area contributed by atoms with Gasteiger partial charge < -0.3 is 10.1 Å². The summed E-state index contributed by atoms with van der Waals surface area (Å²) in [7, 11) is 0. The van der Waals surface area contributed by atoms with Crippen molar-refractivity contribution in [2.24, 2.45) is 0 Å². The number of halogens is 2. The summed E-state index contributed by atoms with van der Waals surface area (Å²) in [5, 5.41) is 11.4. The van der Waals surface area contributed by atoms with Crippen LogP contribution in [0.1, 0.15) is 5.56 Å². The number of amides is 1. The average molecular weight is 349 g/mol. The molecule has 0 fully saturated rings. The van der Waals surface area contributed by atoms with E-state index >= 15 is 0 Å². The van der Waals surface area contributed by atoms with Crippen LogP contribution in [0.3, 0.4) is 0 Å². The maximum Gasteiger partial charge on any atom is 0.262 e. The Hall–Kier alpha value is -2.39. The molecule has 0 aliphatic rings. The molecule has 0 heterocycles. The molecule has 21 heavy (non-hydrogen) atoms. The van der Waals surface area contributed by atoms with Crippen LogP contribution < -0.4 is 10.1 Å². The fourth-order valence-corrected chi connectivity index (χ4v) is 1.83. The van der Waals surface area contributed by atoms with Crippen LogP contribution >= 0.6 is 15.9 Å². The van der Waals surface area contributed by atoms with Gasteiger partial charge in [-0.3, -0.25) is 4.79 Å². The molecule has 0 saturated carbocycles. The van der Waals surface area contributed by atoms with Crippen LogP contribution in [0, 0.1) is 17.1 Å². The van der Waals surface area contributed by atoms with Crippen molar-refractivity contribution in [1.29, 1.82) is 5.26 Å². The van der Waals surface area contributed by atoms with Crippen LogP contribution in [0.25, 0.3) is 0 Å². The highest BCUT2D eigenvalue weighted by Crippen LogP contribution is 2.20. The van der Waals surface area contributed by atoms with Crippen molar-refractivity contribution in [3.8, 4) is 11.8 Å². The minimum atomic E-state index is -0.463. The van der Waals surface area contributed by atoms with Gasteiger partial charge in [-0.15, -0.1) is 0 Å². The number of carbonyl (C=O) groups excluding carboxylic acids is 1. The van der Waals surface area contributed by atoms with Crippen LogP contribution in [0.2, 0.25) is 0 Å². The normalized spacial score (nSPS) is 9.76. The van der Waals surface area contributed by atoms with E-state index in [2.05, 4.69) is 21.2 Å². The zero-order valence-corrected chi connectivity index (χ0v) is 12.4. The molecule has 1 amide bonds. The summed E-state index contributed by atoms with van der Waals surface area (Å²) in [6.07, 6.45) is 0. The lowest BCUT2D eigenvalue weighted by Gasteiger charge is -2.08. The minimum absolute atomic E-state index is 0.252. The summed E-state index contributed by atoms with van der Waals surface area (Å²) in [4.78, 5) is 11.7. The predicted octanol–water partition coefficient (Wildman–Crippen LogP) is 3.48. The third-order valence-electron chi connectivity index (χ3n) is 2.54. The maximum atomic E-state index is 13.3. The summed E-state index contributed by atoms with van der Waals surface area (Å²) in [6.45, 7) is -0.252. The van der Waals surface area contributed by atoms with Crippen molar-refractivity contribution < 1.29 is 13.9 Å². The van der Waals surface area contributed by atoms with Crippen LogP contribution in [0.15, 0.2) is 46.9 Å². The standard InChI is InChI=1S/C15H10BrFN2O2/c16-13-5-4-12(7-14(13)17)21-9-15(20)19-11-3-1-2-10(6-11)8-18/h1-7H,9H2,(H,19,20). The third-order valence-corrected chi connectivity index (χ3v) is 3.18. The molecule has 2 aromatic carbocycles. The highest BCUT2D eigenvalue weighted by Gasteiger charge is 2.06. The van der Waals surface area contributed by atoms with Gasteiger partial charge in [0.05, 0.1) is 16.1 Å². The number of ether oxygens (including phenoxy) is 1. The Labute approximate surface area is 129 Å². The van der Waals surface area contributed by atoms with Crippen molar-refractivity contribution in [2.45, 2.75) is 0 Å². The van der Waals surface area contributed by atoms with Gasteiger partial charge in [0.25, 0.3) is 5.91 Å². The Morgan fingerprint density at radius 1 is 1.33 bits per heavy atom. The number of nitriles is 1. The lowest BCUT2D eigenvalue weighted by Crippen LogP contribution is -2.20. The zero-order chi connectivity index (χ0) is 15.2. The van der Waals surface area contributed by atoms with E-state index in [4.69, 9.17) is 10.00 Å². The number of carbonyl (C=O) groups is 1. The van der Waals surface area contributed by atoms with Crippen LogP contribution in [0.5, 0.6) is 5.75 Å². The molecule has 0 unspecified atom stereocenters. The maximum absolute atomic E-state index is 13.3. The quantitative estimate of drug-likeness (QED) is 0.919. The Morgan fingerprint density at radius 2 is 2.14 bits per heavy atom. The van der Waals surface area contributed by atoms with Crippen molar-refractivity contribution in [2.75, 3.05) is 11.9 Å². The fraction of sp³-hybridized carbons (Fsp3) is 0.0667. The number of nitrogens with zero attached hydrogens (tertiary/aromatic N) is 1. The molecule has 0 aliphatic heterocycles. The molecule has 0 saturated heterocycles. The van der Waals surface area contributed by atoms with Gasteiger partial charge in [0.1, 0.15) is 11.6 Å². The van der Waals surface area contributed by atoms with Crippen molar-refractivity contribution in [3.63, 3.8) is 0 Å². The second kappa shape index (κ2) is 6.86. The molecule has 2 aromatic rings. The van der Waals surface area contributed by atoms with E-state index in [1.165, 1.54) is 12.1 Å². The van der Waals surface area contributed by atoms with Crippen LogP contribution in [-0.4, -0.2) is 12.5 Å². The van der Waals surface area contributed by atoms with E-state index < -0.39 is 11.7 Å². The Bertz CT molecular complexity index is 713. The number of nitrogens with one attached hydrogen (secondary N) is 1. The van der Waals surface area contributed by atoms with Gasteiger partial charge in [0.15, 0.2) is 6.61 Å². The third kappa shape index (κ3) is 4.29. The summed E-state index contributed by atoms with van der Waals surface area (Å²) >= 11 is 3.03. The number of hydrogen-bond acceptors (Lipinski definition) is 3. The van der Waals surface area contributed by atoms with Gasteiger partial charge in [0, 0.05) is 11.8 Å². The van der Waals surface area contributed by atoms with Gasteiger partial charge in [-0.05, 0) is 46.3 Å². The number of hydrogen-bond donors (Lipinski definition) is 1. The van der Waals surface area contributed by atoms with Gasteiger partial charge in [0.2, 0.25) is 0 Å². The average Bonchev–Trinajstić information content (AvgIpc) is 2.48. The topological polar surface area (TPSA) is 62.1 Å². The lowest BCUT2D eigenvalue weighted by atomic mass is 10.2. The van der Waals surface area contributed by atoms with E-state index in [9.17, 15) is 9.18 Å². The van der Waals surface area contributed by atoms with E-state index in [-0.39, 0.29) is 12.4 Å². The van der Waals surface area contributed by atoms with Crippen molar-refractivity contribution in [3.05, 3.63) is 58.3 Å². The first-order valence-corrected chi connectivity index (χ1v) is 6.75. The largest absolute Gasteiger partial charge is 0.484 e. The first-order chi connectivity index (χ1) is 10.1. The molecule has 0 bridgehead atoms. The van der Waals surface area contributed by atoms with Crippen molar-refractivity contribution in [1.82, 2.24) is 0 Å². The first-order valence-electron chi connectivity index (χ1n) is 5.96. The zero-order valence-electron chi connectivity index (χ0n) is 10.8. The molecule has 0 spiro atoms. The number of anilines is 1. The number of benzene rings is 2. The molecule has 0 atom stereocenters. The molecule has 0 radical (unpaired) electrons. The lowest BCUT2D eigenvalue weighted by molar-refractivity contribution is -0.118. The highest BCUT2D eigenvalue weighted by molar-refractivity contribution is 9.10. The van der Waals surface area contributed by atoms with E-state index in [0.29, 0.717) is 15.7 Å². The summed E-state index contributed by atoms with van der Waals surface area (Å²) in [6, 6.07) is 12.7. The monoisotopic (exact) mass is 348 g/mol. The fourth-order valence-electron chi connectivity index (χ4n) is 1.58. The molecule has 6 heteroatoms. The minimum Gasteiger partial charge on any atom is -0.484 e. The molecule has 4 nitrogen and oxygen atoms in total. The Balaban J connectivity index is 1.92. The second-order valence-corrected chi connectivity index (χ2v) is 4.96. The van der Waals surface area contributed by atoms with Gasteiger partial charge >= 0.3 is 0 Å². The highest BCUT2D eigenvalue weighted by atomic mass is 79.9. The smallest absolute Gasteiger partial charge is 0.262 e. The van der Waals surface area contributed by atoms with E-state index in [1.54, 1.807) is 30.3 Å². The Kier molecular flexibility index (Phi) is 4.90. The first kappa shape index (κ1) is 15.0. The summed E-state index contributed by atoms with van der Waals surface area (Å²) < 4.78 is 18.8. The van der Waals surface area contributed by atoms with Crippen LogP contribution in [0.4, 0.5) is 10.1 Å². The predicted molar refractivity (Wildman–Crippen MR) is 79.4 cm³/mol. The van der Waals surface area contributed by atoms with Gasteiger partial charge in [-0.2, -0.15) is 5.26 Å². The molecule has 0 aromatic heterocycles. The summed E-state index contributed by atoms with van der Waals surface area (Å²) in [5.41, 5.74) is 0.952. The Morgan fingerprint density at radius 3 is 2.86 bits per heavy atom. The number of rotatable bonds is 4. The van der Waals surface area contributed by atoms with E-state index in [1.807, 2.05) is 6.07 Å². The van der Waals surface area contributed by atoms with Gasteiger partial charge in [-0.1, -0.05) is 6.07 Å². The van der Waals surface area contributed by atoms with Gasteiger partial charge in [-0.25, -0.2) is 4.39 Å². The molecule has 0 aliphatic carbocycles. The SMILES string of the molecule is N#Cc1cccc(NC(=O)COc2ccc(Br)c(F)c2)c1. The molecular weight excluding hydrogens is 339 g/mol. The second-order valence-electron chi connectivity index (χ2n) is 4.11.